The normalized spacial score (nSPS) is 20.4. The molecular formula is C31H32N2O8. The van der Waals surface area contributed by atoms with Crippen LogP contribution in [0.25, 0.3) is 0 Å². The zero-order valence-corrected chi connectivity index (χ0v) is 23.3. The van der Waals surface area contributed by atoms with Crippen LogP contribution >= 0.6 is 0 Å². The smallest absolute Gasteiger partial charge is 0.261 e. The van der Waals surface area contributed by atoms with Crippen LogP contribution in [0, 0.1) is 11.8 Å². The van der Waals surface area contributed by atoms with Crippen molar-refractivity contribution in [2.45, 2.75) is 19.8 Å². The van der Waals surface area contributed by atoms with E-state index in [1.165, 1.54) is 9.80 Å². The molecule has 10 heteroatoms. The van der Waals surface area contributed by atoms with Crippen molar-refractivity contribution in [1.82, 2.24) is 9.80 Å². The summed E-state index contributed by atoms with van der Waals surface area (Å²) in [5, 5.41) is 0. The van der Waals surface area contributed by atoms with E-state index in [-0.39, 0.29) is 68.7 Å². The molecule has 214 valence electrons. The minimum Gasteiger partial charge on any atom is -0.497 e. The molecule has 2 heterocycles. The van der Waals surface area contributed by atoms with Crippen molar-refractivity contribution in [3.8, 4) is 23.0 Å². The number of hydrogen-bond acceptors (Lipinski definition) is 8. The molecule has 0 bridgehead atoms. The van der Waals surface area contributed by atoms with Gasteiger partial charge in [0.15, 0.2) is 0 Å². The third-order valence-corrected chi connectivity index (χ3v) is 7.64. The van der Waals surface area contributed by atoms with Crippen LogP contribution in [0.4, 0.5) is 0 Å². The summed E-state index contributed by atoms with van der Waals surface area (Å²) in [6, 6.07) is 14.1. The second-order valence-corrected chi connectivity index (χ2v) is 10.1. The fourth-order valence-electron chi connectivity index (χ4n) is 5.51. The average Bonchev–Trinajstić information content (AvgIpc) is 3.40. The lowest BCUT2D eigenvalue weighted by Gasteiger charge is -2.24. The van der Waals surface area contributed by atoms with Crippen molar-refractivity contribution in [3.63, 3.8) is 0 Å². The summed E-state index contributed by atoms with van der Waals surface area (Å²) >= 11 is 0. The molecule has 2 aliphatic heterocycles. The van der Waals surface area contributed by atoms with Crippen LogP contribution < -0.4 is 18.9 Å². The highest BCUT2D eigenvalue weighted by Gasteiger charge is 2.47. The maximum atomic E-state index is 13.3. The van der Waals surface area contributed by atoms with Gasteiger partial charge in [0, 0.05) is 12.0 Å². The predicted molar refractivity (Wildman–Crippen MR) is 147 cm³/mol. The summed E-state index contributed by atoms with van der Waals surface area (Å²) in [6.45, 7) is 2.29. The van der Waals surface area contributed by atoms with Crippen LogP contribution in [0.3, 0.4) is 0 Å². The van der Waals surface area contributed by atoms with Crippen LogP contribution in [0.15, 0.2) is 71.3 Å². The van der Waals surface area contributed by atoms with E-state index in [9.17, 15) is 19.2 Å². The fraction of sp³-hybridized carbons (Fsp3) is 0.355. The Labute approximate surface area is 238 Å². The predicted octanol–water partition coefficient (Wildman–Crippen LogP) is 3.17. The van der Waals surface area contributed by atoms with Gasteiger partial charge in [0.05, 0.1) is 38.8 Å². The van der Waals surface area contributed by atoms with Crippen molar-refractivity contribution in [2.75, 3.05) is 40.5 Å². The Morgan fingerprint density at radius 2 is 1.22 bits per heavy atom. The van der Waals surface area contributed by atoms with E-state index in [4.69, 9.17) is 18.9 Å². The zero-order chi connectivity index (χ0) is 29.1. The third-order valence-electron chi connectivity index (χ3n) is 7.64. The Hall–Kier alpha value is -4.60. The maximum absolute atomic E-state index is 13.3. The second-order valence-electron chi connectivity index (χ2n) is 10.1. The second kappa shape index (κ2) is 11.9. The molecule has 1 saturated heterocycles. The first-order valence-electron chi connectivity index (χ1n) is 13.5. The number of likely N-dealkylation sites (tertiary alicyclic amines) is 1. The van der Waals surface area contributed by atoms with Gasteiger partial charge < -0.3 is 18.9 Å². The number of carbonyl (C=O) groups excluding carboxylic acids is 4. The molecule has 10 nitrogen and oxygen atoms in total. The molecule has 41 heavy (non-hydrogen) atoms. The van der Waals surface area contributed by atoms with Gasteiger partial charge in [-0.15, -0.1) is 0 Å². The van der Waals surface area contributed by atoms with Crippen LogP contribution in [-0.4, -0.2) is 74.0 Å². The van der Waals surface area contributed by atoms with Gasteiger partial charge in [-0.25, -0.2) is 0 Å². The van der Waals surface area contributed by atoms with Crippen LogP contribution in [0.5, 0.6) is 23.0 Å². The Morgan fingerprint density at radius 1 is 0.707 bits per heavy atom. The van der Waals surface area contributed by atoms with E-state index in [2.05, 4.69) is 0 Å². The van der Waals surface area contributed by atoms with Crippen LogP contribution in [0.1, 0.15) is 19.8 Å². The lowest BCUT2D eigenvalue weighted by Crippen LogP contribution is -2.36. The number of carbonyl (C=O) groups is 4. The van der Waals surface area contributed by atoms with Crippen LogP contribution in [-0.2, 0) is 19.2 Å². The van der Waals surface area contributed by atoms with Gasteiger partial charge in [0.1, 0.15) is 36.2 Å². The van der Waals surface area contributed by atoms with E-state index in [1.807, 2.05) is 6.08 Å². The number of amides is 4. The van der Waals surface area contributed by atoms with Crippen molar-refractivity contribution >= 4 is 23.6 Å². The molecule has 0 radical (unpaired) electrons. The maximum Gasteiger partial charge on any atom is 0.261 e. The molecule has 4 amide bonds. The molecule has 1 fully saturated rings. The van der Waals surface area contributed by atoms with Crippen molar-refractivity contribution in [3.05, 3.63) is 71.3 Å². The number of allylic oxidation sites excluding steroid dienone is 1. The molecule has 0 aromatic heterocycles. The minimum atomic E-state index is -0.595. The molecule has 0 saturated carbocycles. The summed E-state index contributed by atoms with van der Waals surface area (Å²) < 4.78 is 21.7. The average molecular weight is 561 g/mol. The summed E-state index contributed by atoms with van der Waals surface area (Å²) in [7, 11) is 3.15. The fourth-order valence-corrected chi connectivity index (χ4v) is 5.51. The lowest BCUT2D eigenvalue weighted by atomic mass is 9.78. The lowest BCUT2D eigenvalue weighted by molar-refractivity contribution is -0.141. The SMILES string of the molecule is COc1ccc(OCCN2C(=O)C3=C(C2=O)C(C)=C[C@H]([C@@H]2CC(=O)N(CCOc4ccc(OC)cc4)C2=O)C3)cc1. The molecule has 0 N–H and O–H groups in total. The first-order valence-corrected chi connectivity index (χ1v) is 13.5. The Kier molecular flexibility index (Phi) is 8.09. The molecule has 3 aliphatic rings. The van der Waals surface area contributed by atoms with Crippen molar-refractivity contribution in [2.24, 2.45) is 11.8 Å². The standard InChI is InChI=1S/C31H32N2O8/c1-19-16-20(25-18-27(34)32(29(25)35)12-14-40-23-8-4-21(38-2)5-9-23)17-26-28(19)31(37)33(30(26)36)13-15-41-24-10-6-22(39-3)7-11-24/h4-11,16,20,25H,12-15,17-18H2,1-3H3/t20-,25-/m0/s1. The van der Waals surface area contributed by atoms with E-state index >= 15 is 0 Å². The summed E-state index contributed by atoms with van der Waals surface area (Å²) in [6.07, 6.45) is 2.14. The van der Waals surface area contributed by atoms with Gasteiger partial charge in [-0.1, -0.05) is 6.08 Å². The van der Waals surface area contributed by atoms with E-state index in [1.54, 1.807) is 69.7 Å². The molecule has 2 atom stereocenters. The van der Waals surface area contributed by atoms with E-state index in [0.29, 0.717) is 39.7 Å². The number of benzene rings is 2. The van der Waals surface area contributed by atoms with Gasteiger partial charge in [0.2, 0.25) is 11.8 Å². The van der Waals surface area contributed by atoms with Gasteiger partial charge in [-0.2, -0.15) is 0 Å². The number of imide groups is 2. The zero-order valence-electron chi connectivity index (χ0n) is 23.3. The highest BCUT2D eigenvalue weighted by molar-refractivity contribution is 6.21. The number of ether oxygens (including phenoxy) is 4. The molecular weight excluding hydrogens is 528 g/mol. The van der Waals surface area contributed by atoms with Gasteiger partial charge in [0.25, 0.3) is 11.8 Å². The molecule has 2 aromatic carbocycles. The van der Waals surface area contributed by atoms with Gasteiger partial charge in [-0.3, -0.25) is 29.0 Å². The third kappa shape index (κ3) is 5.68. The Bertz CT molecular complexity index is 1410. The van der Waals surface area contributed by atoms with E-state index < -0.39 is 5.92 Å². The number of methoxy groups -OCH3 is 2. The number of rotatable bonds is 11. The summed E-state index contributed by atoms with van der Waals surface area (Å²) in [4.78, 5) is 54.9. The summed E-state index contributed by atoms with van der Waals surface area (Å²) in [5.41, 5.74) is 1.43. The van der Waals surface area contributed by atoms with Gasteiger partial charge >= 0.3 is 0 Å². The molecule has 1 aliphatic carbocycles. The van der Waals surface area contributed by atoms with Crippen molar-refractivity contribution < 1.29 is 38.1 Å². The summed E-state index contributed by atoms with van der Waals surface area (Å²) in [5.74, 6) is 0.368. The minimum absolute atomic E-state index is 0.0555. The Morgan fingerprint density at radius 3 is 1.76 bits per heavy atom. The molecule has 0 spiro atoms. The quantitative estimate of drug-likeness (QED) is 0.386. The largest absolute Gasteiger partial charge is 0.497 e. The first kappa shape index (κ1) is 27.9. The number of nitrogens with zero attached hydrogens (tertiary/aromatic N) is 2. The molecule has 0 unspecified atom stereocenters. The molecule has 2 aromatic rings. The molecule has 5 rings (SSSR count). The number of hydrogen-bond donors (Lipinski definition) is 0. The highest BCUT2D eigenvalue weighted by Crippen LogP contribution is 2.41. The highest BCUT2D eigenvalue weighted by atomic mass is 16.5. The first-order chi connectivity index (χ1) is 19.8. The topological polar surface area (TPSA) is 112 Å². The van der Waals surface area contributed by atoms with Crippen molar-refractivity contribution in [1.29, 1.82) is 0 Å². The Balaban J connectivity index is 1.17. The van der Waals surface area contributed by atoms with Gasteiger partial charge in [-0.05, 0) is 73.4 Å². The van der Waals surface area contributed by atoms with E-state index in [0.717, 1.165) is 0 Å². The monoisotopic (exact) mass is 560 g/mol. The van der Waals surface area contributed by atoms with Crippen LogP contribution in [0.2, 0.25) is 0 Å².